The number of hydrogen-bond donors (Lipinski definition) is 2. The number of carbonyl (C=O) groups excluding carboxylic acids is 1. The normalized spacial score (nSPS) is 11.2. The van der Waals surface area contributed by atoms with Gasteiger partial charge in [-0.05, 0) is 12.1 Å². The SMILES string of the molecule is O=C(CNCC(F)(F)F)Nc1ccc(F)c([N+](=O)[O-])c1. The lowest BCUT2D eigenvalue weighted by molar-refractivity contribution is -0.387. The molecule has 1 aromatic carbocycles. The molecule has 0 fully saturated rings. The highest BCUT2D eigenvalue weighted by atomic mass is 19.4. The smallest absolute Gasteiger partial charge is 0.325 e. The third-order valence-electron chi connectivity index (χ3n) is 2.04. The number of alkyl halides is 3. The molecule has 0 atom stereocenters. The number of halogens is 4. The highest BCUT2D eigenvalue weighted by molar-refractivity contribution is 5.92. The Labute approximate surface area is 109 Å². The first-order chi connectivity index (χ1) is 9.19. The van der Waals surface area contributed by atoms with Crippen LogP contribution in [-0.2, 0) is 4.79 Å². The molecule has 0 aliphatic carbocycles. The van der Waals surface area contributed by atoms with Gasteiger partial charge < -0.3 is 10.6 Å². The minimum Gasteiger partial charge on any atom is -0.325 e. The number of nitrogens with one attached hydrogen (secondary N) is 2. The van der Waals surface area contributed by atoms with Crippen LogP contribution in [0.25, 0.3) is 0 Å². The molecule has 1 amide bonds. The predicted octanol–water partition coefficient (Wildman–Crippen LogP) is 1.82. The number of nitro benzene ring substituents is 1. The Hall–Kier alpha value is -2.23. The number of benzene rings is 1. The Bertz CT molecular complexity index is 519. The molecule has 0 aliphatic rings. The molecule has 0 spiro atoms. The molecule has 0 saturated carbocycles. The lowest BCUT2D eigenvalue weighted by Crippen LogP contribution is -2.35. The van der Waals surface area contributed by atoms with Gasteiger partial charge in [0.05, 0.1) is 18.0 Å². The Kier molecular flexibility index (Phi) is 4.97. The molecule has 0 aromatic heterocycles. The fourth-order valence-corrected chi connectivity index (χ4v) is 1.25. The van der Waals surface area contributed by atoms with Crippen molar-refractivity contribution in [2.75, 3.05) is 18.4 Å². The maximum atomic E-state index is 13.0. The summed E-state index contributed by atoms with van der Waals surface area (Å²) in [5, 5.41) is 14.4. The van der Waals surface area contributed by atoms with Gasteiger partial charge in [0.1, 0.15) is 0 Å². The van der Waals surface area contributed by atoms with Crippen LogP contribution in [0.15, 0.2) is 18.2 Å². The topological polar surface area (TPSA) is 84.3 Å². The molecule has 0 radical (unpaired) electrons. The molecule has 0 saturated heterocycles. The van der Waals surface area contributed by atoms with Gasteiger partial charge in [-0.3, -0.25) is 14.9 Å². The summed E-state index contributed by atoms with van der Waals surface area (Å²) < 4.78 is 48.4. The largest absolute Gasteiger partial charge is 0.401 e. The molecule has 20 heavy (non-hydrogen) atoms. The third-order valence-corrected chi connectivity index (χ3v) is 2.04. The summed E-state index contributed by atoms with van der Waals surface area (Å²) in [5.74, 6) is -1.92. The van der Waals surface area contributed by atoms with Gasteiger partial charge in [-0.1, -0.05) is 0 Å². The van der Waals surface area contributed by atoms with E-state index in [1.807, 2.05) is 5.32 Å². The number of amides is 1. The molecule has 0 unspecified atom stereocenters. The van der Waals surface area contributed by atoms with Crippen molar-refractivity contribution >= 4 is 17.3 Å². The van der Waals surface area contributed by atoms with E-state index in [1.54, 1.807) is 0 Å². The first-order valence-corrected chi connectivity index (χ1v) is 5.20. The first-order valence-electron chi connectivity index (χ1n) is 5.20. The molecule has 10 heteroatoms. The molecule has 110 valence electrons. The second kappa shape index (κ2) is 6.28. The number of nitro groups is 1. The number of rotatable bonds is 5. The van der Waals surface area contributed by atoms with Crippen molar-refractivity contribution in [3.05, 3.63) is 34.1 Å². The highest BCUT2D eigenvalue weighted by Crippen LogP contribution is 2.21. The van der Waals surface area contributed by atoms with Crippen LogP contribution in [-0.4, -0.2) is 30.1 Å². The monoisotopic (exact) mass is 295 g/mol. The number of hydrogen-bond acceptors (Lipinski definition) is 4. The molecule has 0 aliphatic heterocycles. The van der Waals surface area contributed by atoms with Crippen LogP contribution in [0.1, 0.15) is 0 Å². The first kappa shape index (κ1) is 15.8. The molecule has 6 nitrogen and oxygen atoms in total. The number of anilines is 1. The predicted molar refractivity (Wildman–Crippen MR) is 60.6 cm³/mol. The summed E-state index contributed by atoms with van der Waals surface area (Å²) in [7, 11) is 0. The van der Waals surface area contributed by atoms with E-state index < -0.39 is 41.6 Å². The number of nitrogens with zero attached hydrogens (tertiary/aromatic N) is 1. The Morgan fingerprint density at radius 1 is 1.35 bits per heavy atom. The summed E-state index contributed by atoms with van der Waals surface area (Å²) >= 11 is 0. The highest BCUT2D eigenvalue weighted by Gasteiger charge is 2.26. The zero-order valence-electron chi connectivity index (χ0n) is 9.83. The van der Waals surface area contributed by atoms with E-state index in [9.17, 15) is 32.5 Å². The van der Waals surface area contributed by atoms with E-state index in [0.717, 1.165) is 18.2 Å². The summed E-state index contributed by atoms with van der Waals surface area (Å²) in [4.78, 5) is 20.7. The van der Waals surface area contributed by atoms with Crippen molar-refractivity contribution in [3.63, 3.8) is 0 Å². The van der Waals surface area contributed by atoms with Gasteiger partial charge in [0.2, 0.25) is 11.7 Å². The van der Waals surface area contributed by atoms with Crippen LogP contribution in [0.5, 0.6) is 0 Å². The fourth-order valence-electron chi connectivity index (χ4n) is 1.25. The summed E-state index contributed by atoms with van der Waals surface area (Å²) in [6.45, 7) is -1.98. The second-order valence-electron chi connectivity index (χ2n) is 3.69. The zero-order valence-corrected chi connectivity index (χ0v) is 9.83. The van der Waals surface area contributed by atoms with E-state index in [4.69, 9.17) is 0 Å². The van der Waals surface area contributed by atoms with Crippen LogP contribution in [0, 0.1) is 15.9 Å². The average Bonchev–Trinajstić information content (AvgIpc) is 2.29. The van der Waals surface area contributed by atoms with Crippen molar-refractivity contribution < 1.29 is 27.3 Å². The lowest BCUT2D eigenvalue weighted by Gasteiger charge is -2.08. The van der Waals surface area contributed by atoms with Crippen molar-refractivity contribution in [2.24, 2.45) is 0 Å². The van der Waals surface area contributed by atoms with Crippen molar-refractivity contribution in [3.8, 4) is 0 Å². The quantitative estimate of drug-likeness (QED) is 0.493. The second-order valence-corrected chi connectivity index (χ2v) is 3.69. The third kappa shape index (κ3) is 5.18. The van der Waals surface area contributed by atoms with Crippen molar-refractivity contribution in [1.29, 1.82) is 0 Å². The van der Waals surface area contributed by atoms with E-state index in [-0.39, 0.29) is 5.69 Å². The summed E-state index contributed by atoms with van der Waals surface area (Å²) in [6, 6.07) is 2.61. The minimum absolute atomic E-state index is 0.0862. The van der Waals surface area contributed by atoms with Gasteiger partial charge in [0.25, 0.3) is 0 Å². The van der Waals surface area contributed by atoms with Crippen LogP contribution in [0.2, 0.25) is 0 Å². The molecule has 0 heterocycles. The van der Waals surface area contributed by atoms with E-state index >= 15 is 0 Å². The van der Waals surface area contributed by atoms with Gasteiger partial charge in [0, 0.05) is 11.8 Å². The van der Waals surface area contributed by atoms with Crippen LogP contribution in [0.4, 0.5) is 28.9 Å². The summed E-state index contributed by atoms with van der Waals surface area (Å²) in [5.41, 5.74) is -0.928. The van der Waals surface area contributed by atoms with Crippen molar-refractivity contribution in [2.45, 2.75) is 6.18 Å². The van der Waals surface area contributed by atoms with Gasteiger partial charge in [-0.2, -0.15) is 17.6 Å². The van der Waals surface area contributed by atoms with Crippen LogP contribution < -0.4 is 10.6 Å². The maximum Gasteiger partial charge on any atom is 0.401 e. The van der Waals surface area contributed by atoms with E-state index in [0.29, 0.717) is 0 Å². The van der Waals surface area contributed by atoms with Gasteiger partial charge in [0.15, 0.2) is 0 Å². The average molecular weight is 295 g/mol. The Morgan fingerprint density at radius 2 is 2.00 bits per heavy atom. The molecular weight excluding hydrogens is 286 g/mol. The molecule has 1 rings (SSSR count). The minimum atomic E-state index is -4.45. The standard InChI is InChI=1S/C10H9F4N3O3/c11-7-2-1-6(3-8(7)17(19)20)16-9(18)4-15-5-10(12,13)14/h1-3,15H,4-5H2,(H,16,18). The maximum absolute atomic E-state index is 13.0. The molecule has 0 bridgehead atoms. The van der Waals surface area contributed by atoms with Crippen LogP contribution in [0.3, 0.4) is 0 Å². The molecule has 2 N–H and O–H groups in total. The lowest BCUT2D eigenvalue weighted by atomic mass is 10.2. The fraction of sp³-hybridized carbons (Fsp3) is 0.300. The van der Waals surface area contributed by atoms with Gasteiger partial charge in [-0.15, -0.1) is 0 Å². The zero-order chi connectivity index (χ0) is 15.3. The van der Waals surface area contributed by atoms with Gasteiger partial charge in [-0.25, -0.2) is 0 Å². The number of carbonyl (C=O) groups is 1. The van der Waals surface area contributed by atoms with E-state index in [1.165, 1.54) is 0 Å². The van der Waals surface area contributed by atoms with E-state index in [2.05, 4.69) is 5.32 Å². The molecule has 1 aromatic rings. The Balaban J connectivity index is 2.58. The van der Waals surface area contributed by atoms with Gasteiger partial charge >= 0.3 is 11.9 Å². The Morgan fingerprint density at radius 3 is 2.55 bits per heavy atom. The van der Waals surface area contributed by atoms with Crippen LogP contribution >= 0.6 is 0 Å². The molecular formula is C10H9F4N3O3. The summed E-state index contributed by atoms with van der Waals surface area (Å²) in [6.07, 6.45) is -4.45. The van der Waals surface area contributed by atoms with Crippen molar-refractivity contribution in [1.82, 2.24) is 5.32 Å².